The summed E-state index contributed by atoms with van der Waals surface area (Å²) in [5.41, 5.74) is 9.44. The maximum Gasteiger partial charge on any atom is 0.201 e. The fraction of sp³-hybridized carbons (Fsp3) is 0.143. The van der Waals surface area contributed by atoms with Crippen LogP contribution >= 0.6 is 0 Å². The van der Waals surface area contributed by atoms with E-state index in [1.54, 1.807) is 12.3 Å². The minimum Gasteiger partial charge on any atom is -0.382 e. The van der Waals surface area contributed by atoms with E-state index in [1.165, 1.54) is 0 Å². The Morgan fingerprint density at radius 1 is 1.52 bits per heavy atom. The summed E-state index contributed by atoms with van der Waals surface area (Å²) in [4.78, 5) is 4.28. The molecule has 0 amide bonds. The number of nitrogens with zero attached hydrogens (tertiary/aromatic N) is 4. The molecule has 1 aromatic carbocycles. The van der Waals surface area contributed by atoms with Crippen LogP contribution in [0.1, 0.15) is 12.7 Å². The topological polar surface area (TPSA) is 116 Å². The SMILES string of the molecule is CCc1nccn1-c1ccccc1N/N=C(\C#N)C(=N)N. The highest BCUT2D eigenvalue weighted by Gasteiger charge is 2.08. The second-order valence-electron chi connectivity index (χ2n) is 4.18. The van der Waals surface area contributed by atoms with E-state index in [1.807, 2.05) is 42.0 Å². The lowest BCUT2D eigenvalue weighted by Gasteiger charge is -2.12. The monoisotopic (exact) mass is 281 g/mol. The Labute approximate surface area is 122 Å². The summed E-state index contributed by atoms with van der Waals surface area (Å²) in [6.07, 6.45) is 4.38. The van der Waals surface area contributed by atoms with Crippen LogP contribution in [-0.2, 0) is 6.42 Å². The Balaban J connectivity index is 2.39. The molecule has 0 aliphatic rings. The minimum atomic E-state index is -0.376. The fourth-order valence-electron chi connectivity index (χ4n) is 1.86. The molecule has 0 bridgehead atoms. The van der Waals surface area contributed by atoms with Crippen molar-refractivity contribution in [2.45, 2.75) is 13.3 Å². The normalized spacial score (nSPS) is 11.0. The van der Waals surface area contributed by atoms with Gasteiger partial charge in [-0.2, -0.15) is 10.4 Å². The van der Waals surface area contributed by atoms with Gasteiger partial charge in [-0.1, -0.05) is 19.1 Å². The lowest BCUT2D eigenvalue weighted by molar-refractivity contribution is 0.891. The standard InChI is InChI=1S/C14H15N7/c1-2-13-18-7-8-21(13)12-6-4-3-5-10(12)19-20-11(9-15)14(16)17/h3-8,19H,2H2,1H3,(H3,16,17)/b20-11+. The first-order chi connectivity index (χ1) is 10.2. The number of nitrogens with one attached hydrogen (secondary N) is 2. The van der Waals surface area contributed by atoms with E-state index in [9.17, 15) is 0 Å². The molecule has 2 rings (SSSR count). The molecule has 1 heterocycles. The minimum absolute atomic E-state index is 0.161. The van der Waals surface area contributed by atoms with Crippen LogP contribution in [0.25, 0.3) is 5.69 Å². The highest BCUT2D eigenvalue weighted by molar-refractivity contribution is 6.45. The highest BCUT2D eigenvalue weighted by Crippen LogP contribution is 2.21. The Morgan fingerprint density at radius 2 is 2.29 bits per heavy atom. The zero-order valence-electron chi connectivity index (χ0n) is 11.5. The van der Waals surface area contributed by atoms with Gasteiger partial charge in [0.05, 0.1) is 11.4 Å². The number of hydrogen-bond acceptors (Lipinski definition) is 5. The van der Waals surface area contributed by atoms with Crippen LogP contribution in [0.3, 0.4) is 0 Å². The van der Waals surface area contributed by atoms with Crippen molar-refractivity contribution in [3.05, 3.63) is 42.5 Å². The number of aryl methyl sites for hydroxylation is 1. The molecular weight excluding hydrogens is 266 g/mol. The molecule has 0 fully saturated rings. The molecule has 0 unspecified atom stereocenters. The lowest BCUT2D eigenvalue weighted by Crippen LogP contribution is -2.22. The second kappa shape index (κ2) is 6.34. The molecular formula is C14H15N7. The summed E-state index contributed by atoms with van der Waals surface area (Å²) < 4.78 is 1.94. The van der Waals surface area contributed by atoms with Crippen molar-refractivity contribution in [1.82, 2.24) is 9.55 Å². The number of benzene rings is 1. The van der Waals surface area contributed by atoms with Gasteiger partial charge in [0, 0.05) is 18.8 Å². The average molecular weight is 281 g/mol. The third-order valence-corrected chi connectivity index (χ3v) is 2.85. The number of hydrogen-bond donors (Lipinski definition) is 3. The zero-order chi connectivity index (χ0) is 15.2. The number of nitriles is 1. The van der Waals surface area contributed by atoms with Crippen molar-refractivity contribution in [2.24, 2.45) is 10.8 Å². The number of aromatic nitrogens is 2. The quantitative estimate of drug-likeness (QED) is 0.439. The average Bonchev–Trinajstić information content (AvgIpc) is 2.96. The number of para-hydroxylation sites is 2. The van der Waals surface area contributed by atoms with Gasteiger partial charge in [-0.3, -0.25) is 10.8 Å². The van der Waals surface area contributed by atoms with Crippen LogP contribution in [-0.4, -0.2) is 21.1 Å². The number of imidazole rings is 1. The van der Waals surface area contributed by atoms with Gasteiger partial charge >= 0.3 is 0 Å². The van der Waals surface area contributed by atoms with Crippen molar-refractivity contribution in [2.75, 3.05) is 5.43 Å². The largest absolute Gasteiger partial charge is 0.382 e. The molecule has 2 aromatic rings. The first-order valence-corrected chi connectivity index (χ1v) is 6.37. The third-order valence-electron chi connectivity index (χ3n) is 2.85. The van der Waals surface area contributed by atoms with Gasteiger partial charge in [-0.05, 0) is 12.1 Å². The van der Waals surface area contributed by atoms with Crippen LogP contribution in [0.4, 0.5) is 5.69 Å². The van der Waals surface area contributed by atoms with E-state index in [0.717, 1.165) is 17.9 Å². The van der Waals surface area contributed by atoms with E-state index in [2.05, 4.69) is 15.5 Å². The van der Waals surface area contributed by atoms with Gasteiger partial charge in [-0.25, -0.2) is 4.98 Å². The molecule has 0 atom stereocenters. The molecule has 1 aromatic heterocycles. The first kappa shape index (κ1) is 14.3. The number of anilines is 1. The van der Waals surface area contributed by atoms with Crippen molar-refractivity contribution in [1.29, 1.82) is 10.7 Å². The smallest absolute Gasteiger partial charge is 0.201 e. The van der Waals surface area contributed by atoms with E-state index >= 15 is 0 Å². The summed E-state index contributed by atoms with van der Waals surface area (Å²) in [6, 6.07) is 9.26. The van der Waals surface area contributed by atoms with Gasteiger partial charge in [0.2, 0.25) is 5.71 Å². The lowest BCUT2D eigenvalue weighted by atomic mass is 10.2. The van der Waals surface area contributed by atoms with E-state index in [-0.39, 0.29) is 11.5 Å². The number of rotatable bonds is 5. The Hall–Kier alpha value is -3.14. The molecule has 0 spiro atoms. The van der Waals surface area contributed by atoms with E-state index in [4.69, 9.17) is 16.4 Å². The predicted octanol–water partition coefficient (Wildman–Crippen LogP) is 1.66. The number of hydrazone groups is 1. The van der Waals surface area contributed by atoms with Crippen molar-refractivity contribution >= 4 is 17.2 Å². The Bertz CT molecular complexity index is 721. The third kappa shape index (κ3) is 3.06. The van der Waals surface area contributed by atoms with E-state index in [0.29, 0.717) is 5.69 Å². The molecule has 0 saturated carbocycles. The van der Waals surface area contributed by atoms with Gasteiger partial charge in [0.15, 0.2) is 5.84 Å². The zero-order valence-corrected chi connectivity index (χ0v) is 11.5. The summed E-state index contributed by atoms with van der Waals surface area (Å²) in [7, 11) is 0. The molecule has 21 heavy (non-hydrogen) atoms. The number of amidine groups is 1. The molecule has 0 saturated heterocycles. The summed E-state index contributed by atoms with van der Waals surface area (Å²) in [6.45, 7) is 2.02. The van der Waals surface area contributed by atoms with Gasteiger partial charge in [0.1, 0.15) is 11.9 Å². The Morgan fingerprint density at radius 3 is 2.95 bits per heavy atom. The summed E-state index contributed by atoms with van der Waals surface area (Å²) in [5.74, 6) is 0.541. The molecule has 106 valence electrons. The van der Waals surface area contributed by atoms with Crippen LogP contribution in [0.5, 0.6) is 0 Å². The van der Waals surface area contributed by atoms with Crippen LogP contribution in [0.2, 0.25) is 0 Å². The van der Waals surface area contributed by atoms with Crippen LogP contribution in [0.15, 0.2) is 41.8 Å². The van der Waals surface area contributed by atoms with Gasteiger partial charge < -0.3 is 10.3 Å². The molecule has 7 nitrogen and oxygen atoms in total. The maximum atomic E-state index is 8.85. The molecule has 0 aliphatic heterocycles. The number of nitrogens with two attached hydrogens (primary N) is 1. The summed E-state index contributed by atoms with van der Waals surface area (Å²) in [5, 5.41) is 20.0. The van der Waals surface area contributed by atoms with Crippen molar-refractivity contribution < 1.29 is 0 Å². The maximum absolute atomic E-state index is 8.85. The van der Waals surface area contributed by atoms with Crippen molar-refractivity contribution in [3.63, 3.8) is 0 Å². The van der Waals surface area contributed by atoms with Crippen LogP contribution in [0, 0.1) is 16.7 Å². The highest BCUT2D eigenvalue weighted by atomic mass is 15.3. The predicted molar refractivity (Wildman–Crippen MR) is 81.5 cm³/mol. The fourth-order valence-corrected chi connectivity index (χ4v) is 1.86. The van der Waals surface area contributed by atoms with Gasteiger partial charge in [0.25, 0.3) is 0 Å². The molecule has 4 N–H and O–H groups in total. The Kier molecular flexibility index (Phi) is 4.31. The molecule has 0 aliphatic carbocycles. The van der Waals surface area contributed by atoms with E-state index < -0.39 is 0 Å². The summed E-state index contributed by atoms with van der Waals surface area (Å²) >= 11 is 0. The van der Waals surface area contributed by atoms with Crippen molar-refractivity contribution in [3.8, 4) is 11.8 Å². The molecule has 7 heteroatoms. The van der Waals surface area contributed by atoms with Gasteiger partial charge in [-0.15, -0.1) is 0 Å². The second-order valence-corrected chi connectivity index (χ2v) is 4.18. The van der Waals surface area contributed by atoms with Crippen LogP contribution < -0.4 is 11.2 Å². The first-order valence-electron chi connectivity index (χ1n) is 6.37. The molecule has 0 radical (unpaired) electrons.